The number of aromatic nitrogens is 2. The molecular weight excluding hydrogens is 268 g/mol. The number of nitrogens with zero attached hydrogens (tertiary/aromatic N) is 2. The standard InChI is InChI=1S/C11H20N4O3S/c1-15-8-13-10(12)11(15)19(16,17)14-6-7-18-9-4-2-3-5-9/h8-9,14H,2-7,12H2,1H3. The van der Waals surface area contributed by atoms with Crippen molar-refractivity contribution in [2.24, 2.45) is 7.05 Å². The highest BCUT2D eigenvalue weighted by atomic mass is 32.2. The zero-order valence-corrected chi connectivity index (χ0v) is 11.8. The summed E-state index contributed by atoms with van der Waals surface area (Å²) in [6.07, 6.45) is 6.19. The Kier molecular flexibility index (Phi) is 4.43. The van der Waals surface area contributed by atoms with Gasteiger partial charge in [-0.2, -0.15) is 0 Å². The van der Waals surface area contributed by atoms with Gasteiger partial charge in [0.25, 0.3) is 10.0 Å². The number of hydrogen-bond donors (Lipinski definition) is 2. The lowest BCUT2D eigenvalue weighted by molar-refractivity contribution is 0.0626. The molecule has 1 aromatic rings. The molecule has 1 aliphatic carbocycles. The average Bonchev–Trinajstić information content (AvgIpc) is 2.95. The van der Waals surface area contributed by atoms with E-state index in [-0.39, 0.29) is 23.5 Å². The van der Waals surface area contributed by atoms with Gasteiger partial charge in [-0.25, -0.2) is 18.1 Å². The normalized spacial score (nSPS) is 17.1. The number of sulfonamides is 1. The molecule has 0 radical (unpaired) electrons. The van der Waals surface area contributed by atoms with E-state index in [4.69, 9.17) is 10.5 Å². The minimum Gasteiger partial charge on any atom is -0.381 e. The van der Waals surface area contributed by atoms with Crippen molar-refractivity contribution in [1.82, 2.24) is 14.3 Å². The highest BCUT2D eigenvalue weighted by Crippen LogP contribution is 2.20. The Morgan fingerprint density at radius 2 is 2.21 bits per heavy atom. The molecule has 8 heteroatoms. The van der Waals surface area contributed by atoms with E-state index in [1.165, 1.54) is 23.7 Å². The van der Waals surface area contributed by atoms with Crippen molar-refractivity contribution >= 4 is 15.8 Å². The zero-order chi connectivity index (χ0) is 13.9. The summed E-state index contributed by atoms with van der Waals surface area (Å²) in [4.78, 5) is 3.76. The van der Waals surface area contributed by atoms with E-state index in [1.54, 1.807) is 7.05 Å². The molecule has 0 spiro atoms. The lowest BCUT2D eigenvalue weighted by atomic mass is 10.3. The van der Waals surface area contributed by atoms with E-state index in [9.17, 15) is 8.42 Å². The van der Waals surface area contributed by atoms with Crippen molar-refractivity contribution in [3.05, 3.63) is 6.33 Å². The molecule has 1 fully saturated rings. The first kappa shape index (κ1) is 14.3. The fourth-order valence-corrected chi connectivity index (χ4v) is 3.53. The molecule has 1 aromatic heterocycles. The summed E-state index contributed by atoms with van der Waals surface area (Å²) < 4.78 is 33.5. The van der Waals surface area contributed by atoms with Crippen LogP contribution in [0.1, 0.15) is 25.7 Å². The highest BCUT2D eigenvalue weighted by molar-refractivity contribution is 7.89. The molecule has 0 aromatic carbocycles. The second kappa shape index (κ2) is 5.89. The molecular formula is C11H20N4O3S. The van der Waals surface area contributed by atoms with Crippen LogP contribution in [0.4, 0.5) is 5.82 Å². The number of hydrogen-bond acceptors (Lipinski definition) is 5. The third kappa shape index (κ3) is 3.46. The molecule has 0 bridgehead atoms. The maximum atomic E-state index is 12.0. The second-order valence-electron chi connectivity index (χ2n) is 4.72. The van der Waals surface area contributed by atoms with Crippen LogP contribution in [0.15, 0.2) is 11.4 Å². The molecule has 1 saturated carbocycles. The lowest BCUT2D eigenvalue weighted by Gasteiger charge is -2.12. The molecule has 0 saturated heterocycles. The molecule has 0 unspecified atom stereocenters. The molecule has 7 nitrogen and oxygen atoms in total. The summed E-state index contributed by atoms with van der Waals surface area (Å²) in [6.45, 7) is 0.616. The van der Waals surface area contributed by atoms with Gasteiger partial charge < -0.3 is 15.0 Å². The predicted octanol–water partition coefficient (Wildman–Crippen LogP) is 0.240. The van der Waals surface area contributed by atoms with E-state index in [0.717, 1.165) is 12.8 Å². The van der Waals surface area contributed by atoms with Crippen LogP contribution < -0.4 is 10.5 Å². The molecule has 108 valence electrons. The number of nitrogens with one attached hydrogen (secondary N) is 1. The van der Waals surface area contributed by atoms with Crippen molar-refractivity contribution in [2.45, 2.75) is 36.8 Å². The minimum atomic E-state index is -3.63. The van der Waals surface area contributed by atoms with Crippen molar-refractivity contribution in [1.29, 1.82) is 0 Å². The summed E-state index contributed by atoms with van der Waals surface area (Å²) in [6, 6.07) is 0. The number of anilines is 1. The fraction of sp³-hybridized carbons (Fsp3) is 0.727. The maximum absolute atomic E-state index is 12.0. The summed E-state index contributed by atoms with van der Waals surface area (Å²) >= 11 is 0. The van der Waals surface area contributed by atoms with Gasteiger partial charge >= 0.3 is 0 Å². The first-order chi connectivity index (χ1) is 9.00. The SMILES string of the molecule is Cn1cnc(N)c1S(=O)(=O)NCCOC1CCCC1. The van der Waals surface area contributed by atoms with Gasteiger partial charge in [0.2, 0.25) is 0 Å². The highest BCUT2D eigenvalue weighted by Gasteiger charge is 2.22. The molecule has 2 rings (SSSR count). The minimum absolute atomic E-state index is 0.00614. The Labute approximate surface area is 113 Å². The Balaban J connectivity index is 1.84. The summed E-state index contributed by atoms with van der Waals surface area (Å²) in [5.41, 5.74) is 5.55. The summed E-state index contributed by atoms with van der Waals surface area (Å²) in [5.74, 6) is 0.00621. The topological polar surface area (TPSA) is 99.2 Å². The Hall–Kier alpha value is -1.12. The van der Waals surface area contributed by atoms with Gasteiger partial charge in [0.1, 0.15) is 0 Å². The maximum Gasteiger partial charge on any atom is 0.260 e. The van der Waals surface area contributed by atoms with Crippen LogP contribution >= 0.6 is 0 Å². The van der Waals surface area contributed by atoms with Gasteiger partial charge in [0.15, 0.2) is 10.8 Å². The van der Waals surface area contributed by atoms with Crippen molar-refractivity contribution < 1.29 is 13.2 Å². The smallest absolute Gasteiger partial charge is 0.260 e. The monoisotopic (exact) mass is 288 g/mol. The second-order valence-corrected chi connectivity index (χ2v) is 6.40. The predicted molar refractivity (Wildman–Crippen MR) is 71.0 cm³/mol. The van der Waals surface area contributed by atoms with E-state index < -0.39 is 10.0 Å². The number of imidazole rings is 1. The summed E-state index contributed by atoms with van der Waals surface area (Å²) in [7, 11) is -2.04. The van der Waals surface area contributed by atoms with Crippen LogP contribution in [-0.2, 0) is 21.8 Å². The first-order valence-electron chi connectivity index (χ1n) is 6.39. The first-order valence-corrected chi connectivity index (χ1v) is 7.87. The van der Waals surface area contributed by atoms with Gasteiger partial charge in [-0.05, 0) is 12.8 Å². The molecule has 0 aliphatic heterocycles. The number of rotatable bonds is 6. The third-order valence-corrected chi connectivity index (χ3v) is 4.80. The number of aryl methyl sites for hydroxylation is 1. The number of nitrogens with two attached hydrogens (primary N) is 1. The Morgan fingerprint density at radius 3 is 2.79 bits per heavy atom. The van der Waals surface area contributed by atoms with Gasteiger partial charge in [0.05, 0.1) is 19.0 Å². The van der Waals surface area contributed by atoms with Crippen molar-refractivity contribution in [3.63, 3.8) is 0 Å². The molecule has 1 heterocycles. The quantitative estimate of drug-likeness (QED) is 0.730. The fourth-order valence-electron chi connectivity index (χ4n) is 2.29. The van der Waals surface area contributed by atoms with Gasteiger partial charge in [0, 0.05) is 13.6 Å². The van der Waals surface area contributed by atoms with E-state index in [1.807, 2.05) is 0 Å². The van der Waals surface area contributed by atoms with Gasteiger partial charge in [-0.15, -0.1) is 0 Å². The van der Waals surface area contributed by atoms with Crippen LogP contribution in [0.5, 0.6) is 0 Å². The largest absolute Gasteiger partial charge is 0.381 e. The van der Waals surface area contributed by atoms with Crippen molar-refractivity contribution in [3.8, 4) is 0 Å². The average molecular weight is 288 g/mol. The van der Waals surface area contributed by atoms with Gasteiger partial charge in [-0.3, -0.25) is 0 Å². The van der Waals surface area contributed by atoms with Crippen LogP contribution in [0.25, 0.3) is 0 Å². The van der Waals surface area contributed by atoms with Crippen LogP contribution in [0.2, 0.25) is 0 Å². The molecule has 1 aliphatic rings. The summed E-state index contributed by atoms with van der Waals surface area (Å²) in [5, 5.41) is -0.00614. The third-order valence-electron chi connectivity index (χ3n) is 3.21. The van der Waals surface area contributed by atoms with Crippen molar-refractivity contribution in [2.75, 3.05) is 18.9 Å². The molecule has 3 N–H and O–H groups in total. The van der Waals surface area contributed by atoms with Gasteiger partial charge in [-0.1, -0.05) is 12.8 Å². The van der Waals surface area contributed by atoms with E-state index >= 15 is 0 Å². The van der Waals surface area contributed by atoms with Crippen LogP contribution in [0, 0.1) is 0 Å². The zero-order valence-electron chi connectivity index (χ0n) is 11.0. The van der Waals surface area contributed by atoms with Crippen LogP contribution in [0.3, 0.4) is 0 Å². The number of nitrogen functional groups attached to an aromatic ring is 1. The van der Waals surface area contributed by atoms with Crippen LogP contribution in [-0.4, -0.2) is 37.2 Å². The molecule has 0 amide bonds. The lowest BCUT2D eigenvalue weighted by Crippen LogP contribution is -2.30. The molecule has 19 heavy (non-hydrogen) atoms. The van der Waals surface area contributed by atoms with E-state index in [0.29, 0.717) is 6.61 Å². The molecule has 0 atom stereocenters. The number of ether oxygens (including phenoxy) is 1. The Morgan fingerprint density at radius 1 is 1.53 bits per heavy atom. The Bertz CT molecular complexity index is 501. The van der Waals surface area contributed by atoms with E-state index in [2.05, 4.69) is 9.71 Å².